The van der Waals surface area contributed by atoms with E-state index in [1.165, 1.54) is 5.56 Å². The van der Waals surface area contributed by atoms with E-state index in [0.717, 1.165) is 53.0 Å². The van der Waals surface area contributed by atoms with Crippen LogP contribution < -0.4 is 5.32 Å². The number of H-pyrrole nitrogens is 1. The van der Waals surface area contributed by atoms with Gasteiger partial charge in [-0.25, -0.2) is 4.98 Å². The van der Waals surface area contributed by atoms with Gasteiger partial charge < -0.3 is 15.2 Å². The Morgan fingerprint density at radius 3 is 2.79 bits per heavy atom. The van der Waals surface area contributed by atoms with Gasteiger partial charge in [-0.3, -0.25) is 9.59 Å². The minimum Gasteiger partial charge on any atom is -0.361 e. The van der Waals surface area contributed by atoms with Gasteiger partial charge in [-0.05, 0) is 37.0 Å². The highest BCUT2D eigenvalue weighted by Crippen LogP contribution is 2.31. The van der Waals surface area contributed by atoms with Crippen molar-refractivity contribution in [3.8, 4) is 0 Å². The topological polar surface area (TPSA) is 78.1 Å². The number of fused-ring (bicyclic) bond motifs is 1. The summed E-state index contributed by atoms with van der Waals surface area (Å²) in [5.41, 5.74) is 4.84. The number of thiazole rings is 1. The lowest BCUT2D eigenvalue weighted by Crippen LogP contribution is -2.38. The van der Waals surface area contributed by atoms with Gasteiger partial charge in [0.2, 0.25) is 5.91 Å². The van der Waals surface area contributed by atoms with E-state index in [4.69, 9.17) is 0 Å². The fraction of sp³-hybridized carbons (Fsp3) is 0.296. The maximum atomic E-state index is 12.9. The standard InChI is InChI=1S/C27H28N4O2S/c1-18-5-4-6-19(13-18)15-29-26(33)24-17-34-27(30-24)20-9-11-31(12-10-20)25(32)14-21-16-28-23-8-3-2-7-22(21)23/h2-8,13,16-17,20,28H,9-12,14-15H2,1H3,(H,29,33). The molecule has 0 saturated carbocycles. The zero-order valence-electron chi connectivity index (χ0n) is 19.2. The van der Waals surface area contributed by atoms with Gasteiger partial charge in [0.05, 0.1) is 11.4 Å². The third kappa shape index (κ3) is 4.89. The fourth-order valence-corrected chi connectivity index (χ4v) is 5.57. The van der Waals surface area contributed by atoms with Gasteiger partial charge in [-0.15, -0.1) is 11.3 Å². The van der Waals surface area contributed by atoms with Crippen molar-refractivity contribution in [1.29, 1.82) is 0 Å². The van der Waals surface area contributed by atoms with Crippen LogP contribution in [0.4, 0.5) is 0 Å². The molecule has 6 nitrogen and oxygen atoms in total. The molecule has 0 unspecified atom stereocenters. The number of nitrogens with zero attached hydrogens (tertiary/aromatic N) is 2. The molecule has 174 valence electrons. The van der Waals surface area contributed by atoms with E-state index in [1.54, 1.807) is 11.3 Å². The van der Waals surface area contributed by atoms with Crippen LogP contribution in [0.3, 0.4) is 0 Å². The Bertz CT molecular complexity index is 1320. The summed E-state index contributed by atoms with van der Waals surface area (Å²) in [5, 5.41) is 6.91. The Hall–Kier alpha value is -3.45. The first-order valence-electron chi connectivity index (χ1n) is 11.7. The van der Waals surface area contributed by atoms with Gasteiger partial charge >= 0.3 is 0 Å². The van der Waals surface area contributed by atoms with Gasteiger partial charge in [0.1, 0.15) is 5.69 Å². The van der Waals surface area contributed by atoms with Crippen molar-refractivity contribution in [1.82, 2.24) is 20.2 Å². The first-order valence-corrected chi connectivity index (χ1v) is 12.6. The van der Waals surface area contributed by atoms with Crippen LogP contribution in [0, 0.1) is 6.92 Å². The number of amides is 2. The van der Waals surface area contributed by atoms with Crippen molar-refractivity contribution in [2.45, 2.75) is 38.6 Å². The average Bonchev–Trinajstić information content (AvgIpc) is 3.51. The predicted molar refractivity (Wildman–Crippen MR) is 135 cm³/mol. The maximum Gasteiger partial charge on any atom is 0.271 e. The molecule has 0 bridgehead atoms. The summed E-state index contributed by atoms with van der Waals surface area (Å²) >= 11 is 1.54. The van der Waals surface area contributed by atoms with E-state index in [0.29, 0.717) is 24.6 Å². The van der Waals surface area contributed by atoms with E-state index in [2.05, 4.69) is 27.4 Å². The Balaban J connectivity index is 1.14. The Morgan fingerprint density at radius 2 is 1.97 bits per heavy atom. The number of piperidine rings is 1. The number of rotatable bonds is 6. The van der Waals surface area contributed by atoms with Crippen LogP contribution in [0.2, 0.25) is 0 Å². The second-order valence-corrected chi connectivity index (χ2v) is 9.82. The molecule has 34 heavy (non-hydrogen) atoms. The van der Waals surface area contributed by atoms with Crippen LogP contribution >= 0.6 is 11.3 Å². The highest BCUT2D eigenvalue weighted by atomic mass is 32.1. The molecule has 0 radical (unpaired) electrons. The van der Waals surface area contributed by atoms with Crippen LogP contribution in [0.25, 0.3) is 10.9 Å². The Morgan fingerprint density at radius 1 is 1.15 bits per heavy atom. The van der Waals surface area contributed by atoms with E-state index < -0.39 is 0 Å². The summed E-state index contributed by atoms with van der Waals surface area (Å²) in [6, 6.07) is 16.2. The zero-order valence-corrected chi connectivity index (χ0v) is 20.0. The lowest BCUT2D eigenvalue weighted by atomic mass is 9.97. The quantitative estimate of drug-likeness (QED) is 0.423. The normalized spacial score (nSPS) is 14.4. The fourth-order valence-electron chi connectivity index (χ4n) is 4.60. The van der Waals surface area contributed by atoms with E-state index in [9.17, 15) is 9.59 Å². The number of benzene rings is 2. The van der Waals surface area contributed by atoms with E-state index >= 15 is 0 Å². The molecule has 2 aromatic heterocycles. The van der Waals surface area contributed by atoms with Crippen molar-refractivity contribution in [2.24, 2.45) is 0 Å². The number of hydrogen-bond acceptors (Lipinski definition) is 4. The summed E-state index contributed by atoms with van der Waals surface area (Å²) in [6.07, 6.45) is 4.10. The van der Waals surface area contributed by atoms with Gasteiger partial charge in [0.15, 0.2) is 0 Å². The number of aromatic amines is 1. The third-order valence-electron chi connectivity index (χ3n) is 6.50. The van der Waals surface area contributed by atoms with Crippen LogP contribution in [0.1, 0.15) is 50.9 Å². The summed E-state index contributed by atoms with van der Waals surface area (Å²) < 4.78 is 0. The largest absolute Gasteiger partial charge is 0.361 e. The monoisotopic (exact) mass is 472 g/mol. The number of carbonyl (C=O) groups is 2. The first-order chi connectivity index (χ1) is 16.6. The lowest BCUT2D eigenvalue weighted by Gasteiger charge is -2.31. The van der Waals surface area contributed by atoms with Gasteiger partial charge in [-0.1, -0.05) is 48.0 Å². The summed E-state index contributed by atoms with van der Waals surface area (Å²) in [5.74, 6) is 0.314. The summed E-state index contributed by atoms with van der Waals surface area (Å²) in [6.45, 7) is 3.98. The van der Waals surface area contributed by atoms with Crippen molar-refractivity contribution in [2.75, 3.05) is 13.1 Å². The molecule has 1 aliphatic rings. The highest BCUT2D eigenvalue weighted by Gasteiger charge is 2.26. The Labute approximate surface area is 203 Å². The molecule has 2 amide bonds. The molecule has 0 spiro atoms. The van der Waals surface area contributed by atoms with Crippen LogP contribution in [0.15, 0.2) is 60.1 Å². The second kappa shape index (κ2) is 9.81. The second-order valence-electron chi connectivity index (χ2n) is 8.93. The number of aromatic nitrogens is 2. The van der Waals surface area contributed by atoms with Crippen LogP contribution in [-0.2, 0) is 17.8 Å². The number of nitrogens with one attached hydrogen (secondary N) is 2. The molecule has 2 N–H and O–H groups in total. The number of likely N-dealkylation sites (tertiary alicyclic amines) is 1. The van der Waals surface area contributed by atoms with Crippen LogP contribution in [-0.4, -0.2) is 39.8 Å². The molecule has 1 fully saturated rings. The zero-order chi connectivity index (χ0) is 23.5. The minimum absolute atomic E-state index is 0.143. The first kappa shape index (κ1) is 22.3. The van der Waals surface area contributed by atoms with E-state index in [1.807, 2.05) is 59.8 Å². The van der Waals surface area contributed by atoms with Gasteiger partial charge in [0.25, 0.3) is 5.91 Å². The molecule has 0 atom stereocenters. The Kier molecular flexibility index (Phi) is 6.45. The van der Waals surface area contributed by atoms with Crippen molar-refractivity contribution in [3.63, 3.8) is 0 Å². The SMILES string of the molecule is Cc1cccc(CNC(=O)c2csc(C3CCN(C(=O)Cc4c[nH]c5ccccc45)CC3)n2)c1. The van der Waals surface area contributed by atoms with Crippen molar-refractivity contribution >= 4 is 34.1 Å². The molecule has 1 aliphatic heterocycles. The minimum atomic E-state index is -0.143. The summed E-state index contributed by atoms with van der Waals surface area (Å²) in [4.78, 5) is 35.3. The molecule has 4 aromatic rings. The molecular weight excluding hydrogens is 444 g/mol. The molecule has 2 aromatic carbocycles. The smallest absolute Gasteiger partial charge is 0.271 e. The molecular formula is C27H28N4O2S. The van der Waals surface area contributed by atoms with Crippen molar-refractivity contribution in [3.05, 3.63) is 87.5 Å². The number of aryl methyl sites for hydroxylation is 1. The predicted octanol–water partition coefficient (Wildman–Crippen LogP) is 4.81. The molecule has 0 aliphatic carbocycles. The highest BCUT2D eigenvalue weighted by molar-refractivity contribution is 7.09. The number of carbonyl (C=O) groups excluding carboxylic acids is 2. The molecule has 7 heteroatoms. The third-order valence-corrected chi connectivity index (χ3v) is 7.51. The van der Waals surface area contributed by atoms with Gasteiger partial charge in [0, 0.05) is 48.0 Å². The van der Waals surface area contributed by atoms with Crippen LogP contribution in [0.5, 0.6) is 0 Å². The molecule has 1 saturated heterocycles. The lowest BCUT2D eigenvalue weighted by molar-refractivity contribution is -0.131. The molecule has 3 heterocycles. The number of para-hydroxylation sites is 1. The van der Waals surface area contributed by atoms with Gasteiger partial charge in [-0.2, -0.15) is 0 Å². The summed E-state index contributed by atoms with van der Waals surface area (Å²) in [7, 11) is 0. The molecule has 5 rings (SSSR count). The number of hydrogen-bond donors (Lipinski definition) is 2. The maximum absolute atomic E-state index is 12.9. The van der Waals surface area contributed by atoms with Crippen molar-refractivity contribution < 1.29 is 9.59 Å². The average molecular weight is 473 g/mol. The van der Waals surface area contributed by atoms with E-state index in [-0.39, 0.29) is 11.8 Å².